The first-order chi connectivity index (χ1) is 16.4. The standard InChI is InChI=1S/C25H23F2N3O3S/c1-3-18-14-19(24(34-18)30-23(31)20-7-5-13-32-20)22(29-21-8-4-6-15(2)28-21)16-9-11-17(12-10-16)33-25(26)27/h4-14,22,25H,3H2,1-2H3,(H,28,29)(H,30,31)/t22-/m0/s1. The van der Waals surface area contributed by atoms with Crippen LogP contribution in [0.4, 0.5) is 19.6 Å². The molecule has 176 valence electrons. The molecule has 0 aliphatic carbocycles. The van der Waals surface area contributed by atoms with E-state index in [0.717, 1.165) is 28.1 Å². The number of pyridine rings is 1. The van der Waals surface area contributed by atoms with Crippen LogP contribution in [0.25, 0.3) is 0 Å². The number of anilines is 2. The van der Waals surface area contributed by atoms with Gasteiger partial charge >= 0.3 is 6.61 Å². The van der Waals surface area contributed by atoms with Gasteiger partial charge in [-0.2, -0.15) is 8.78 Å². The molecule has 9 heteroatoms. The Morgan fingerprint density at radius 1 is 1.15 bits per heavy atom. The third-order valence-electron chi connectivity index (χ3n) is 5.06. The minimum Gasteiger partial charge on any atom is -0.459 e. The van der Waals surface area contributed by atoms with Gasteiger partial charge in [0.2, 0.25) is 0 Å². The summed E-state index contributed by atoms with van der Waals surface area (Å²) in [6, 6.07) is 16.9. The predicted molar refractivity (Wildman–Crippen MR) is 128 cm³/mol. The van der Waals surface area contributed by atoms with Crippen LogP contribution in [-0.2, 0) is 6.42 Å². The van der Waals surface area contributed by atoms with Crippen LogP contribution in [0.3, 0.4) is 0 Å². The summed E-state index contributed by atoms with van der Waals surface area (Å²) < 4.78 is 35.0. The lowest BCUT2D eigenvalue weighted by molar-refractivity contribution is -0.0498. The first-order valence-electron chi connectivity index (χ1n) is 10.7. The molecule has 1 atom stereocenters. The van der Waals surface area contributed by atoms with Gasteiger partial charge in [0.25, 0.3) is 5.91 Å². The minimum atomic E-state index is -2.90. The largest absolute Gasteiger partial charge is 0.459 e. The zero-order valence-corrected chi connectivity index (χ0v) is 19.4. The number of nitrogens with one attached hydrogen (secondary N) is 2. The topological polar surface area (TPSA) is 76.4 Å². The van der Waals surface area contributed by atoms with E-state index in [1.807, 2.05) is 38.1 Å². The summed E-state index contributed by atoms with van der Waals surface area (Å²) in [7, 11) is 0. The maximum Gasteiger partial charge on any atom is 0.387 e. The minimum absolute atomic E-state index is 0.0668. The Kier molecular flexibility index (Phi) is 7.22. The van der Waals surface area contributed by atoms with E-state index < -0.39 is 12.7 Å². The van der Waals surface area contributed by atoms with Crippen LogP contribution in [-0.4, -0.2) is 17.5 Å². The van der Waals surface area contributed by atoms with Crippen LogP contribution in [0.1, 0.15) is 45.2 Å². The van der Waals surface area contributed by atoms with E-state index in [4.69, 9.17) is 4.42 Å². The van der Waals surface area contributed by atoms with E-state index in [1.165, 1.54) is 29.7 Å². The highest BCUT2D eigenvalue weighted by Gasteiger charge is 2.23. The molecular weight excluding hydrogens is 460 g/mol. The molecule has 0 aliphatic heterocycles. The number of rotatable bonds is 9. The number of benzene rings is 1. The Balaban J connectivity index is 1.73. The van der Waals surface area contributed by atoms with Gasteiger partial charge in [-0.1, -0.05) is 25.1 Å². The number of thiophene rings is 1. The number of hydrogen-bond donors (Lipinski definition) is 2. The van der Waals surface area contributed by atoms with Crippen molar-refractivity contribution in [2.24, 2.45) is 0 Å². The second kappa shape index (κ2) is 10.5. The van der Waals surface area contributed by atoms with Crippen molar-refractivity contribution in [3.8, 4) is 5.75 Å². The maximum absolute atomic E-state index is 12.7. The molecule has 0 saturated heterocycles. The van der Waals surface area contributed by atoms with Gasteiger partial charge in [0, 0.05) is 16.1 Å². The van der Waals surface area contributed by atoms with Gasteiger partial charge in [0.05, 0.1) is 12.3 Å². The van der Waals surface area contributed by atoms with Crippen LogP contribution in [0.2, 0.25) is 0 Å². The van der Waals surface area contributed by atoms with Gasteiger partial charge in [-0.25, -0.2) is 4.98 Å². The lowest BCUT2D eigenvalue weighted by Gasteiger charge is -2.21. The summed E-state index contributed by atoms with van der Waals surface area (Å²) in [5.74, 6) is 0.558. The average molecular weight is 484 g/mol. The van der Waals surface area contributed by atoms with Crippen LogP contribution >= 0.6 is 11.3 Å². The summed E-state index contributed by atoms with van der Waals surface area (Å²) in [4.78, 5) is 18.3. The van der Waals surface area contributed by atoms with Crippen molar-refractivity contribution in [3.05, 3.63) is 94.4 Å². The van der Waals surface area contributed by atoms with Crippen molar-refractivity contribution in [1.29, 1.82) is 0 Å². The molecule has 3 heterocycles. The number of furan rings is 1. The number of carbonyl (C=O) groups excluding carboxylic acids is 1. The zero-order chi connectivity index (χ0) is 24.1. The highest BCUT2D eigenvalue weighted by atomic mass is 32.1. The van der Waals surface area contributed by atoms with Crippen molar-refractivity contribution >= 4 is 28.1 Å². The summed E-state index contributed by atoms with van der Waals surface area (Å²) in [5.41, 5.74) is 2.46. The van der Waals surface area contributed by atoms with Crippen LogP contribution in [0.15, 0.2) is 71.3 Å². The maximum atomic E-state index is 12.7. The molecule has 0 saturated carbocycles. The van der Waals surface area contributed by atoms with Crippen LogP contribution < -0.4 is 15.4 Å². The zero-order valence-electron chi connectivity index (χ0n) is 18.5. The molecule has 1 amide bonds. The monoisotopic (exact) mass is 483 g/mol. The molecule has 0 radical (unpaired) electrons. The quantitative estimate of drug-likeness (QED) is 0.278. The Labute approximate surface area is 199 Å². The molecule has 6 nitrogen and oxygen atoms in total. The number of aromatic nitrogens is 1. The van der Waals surface area contributed by atoms with Gasteiger partial charge in [-0.15, -0.1) is 11.3 Å². The molecule has 0 fully saturated rings. The van der Waals surface area contributed by atoms with Crippen molar-refractivity contribution < 1.29 is 22.7 Å². The van der Waals surface area contributed by atoms with Crippen molar-refractivity contribution in [2.75, 3.05) is 10.6 Å². The third-order valence-corrected chi connectivity index (χ3v) is 6.27. The summed E-state index contributed by atoms with van der Waals surface area (Å²) in [5, 5.41) is 7.05. The fraction of sp³-hybridized carbons (Fsp3) is 0.200. The Morgan fingerprint density at radius 3 is 2.59 bits per heavy atom. The number of halogens is 2. The summed E-state index contributed by atoms with van der Waals surface area (Å²) >= 11 is 1.48. The molecule has 0 spiro atoms. The molecular formula is C25H23F2N3O3S. The highest BCUT2D eigenvalue weighted by molar-refractivity contribution is 7.16. The van der Waals surface area contributed by atoms with E-state index in [1.54, 1.807) is 24.3 Å². The Morgan fingerprint density at radius 2 is 1.94 bits per heavy atom. The molecule has 0 unspecified atom stereocenters. The lowest BCUT2D eigenvalue weighted by atomic mass is 9.99. The van der Waals surface area contributed by atoms with Crippen LogP contribution in [0.5, 0.6) is 5.75 Å². The molecule has 34 heavy (non-hydrogen) atoms. The SMILES string of the molecule is CCc1cc([C@@H](Nc2cccc(C)n2)c2ccc(OC(F)F)cc2)c(NC(=O)c2ccco2)s1. The van der Waals surface area contributed by atoms with E-state index in [0.29, 0.717) is 10.8 Å². The normalized spacial score (nSPS) is 11.9. The number of aryl methyl sites for hydroxylation is 2. The van der Waals surface area contributed by atoms with Gasteiger partial charge < -0.3 is 19.8 Å². The average Bonchev–Trinajstić information content (AvgIpc) is 3.48. The molecule has 0 aliphatic rings. The number of nitrogens with zero attached hydrogens (tertiary/aromatic N) is 1. The number of amides is 1. The Hall–Kier alpha value is -3.72. The van der Waals surface area contributed by atoms with E-state index in [2.05, 4.69) is 20.4 Å². The Bertz CT molecular complexity index is 1240. The van der Waals surface area contributed by atoms with Crippen molar-refractivity contribution in [3.63, 3.8) is 0 Å². The number of hydrogen-bond acceptors (Lipinski definition) is 6. The van der Waals surface area contributed by atoms with Crippen molar-refractivity contribution in [1.82, 2.24) is 4.98 Å². The molecule has 0 bridgehead atoms. The van der Waals surface area contributed by atoms with Gasteiger partial charge in [-0.05, 0) is 61.4 Å². The molecule has 4 rings (SSSR count). The second-order valence-corrected chi connectivity index (χ2v) is 8.61. The van der Waals surface area contributed by atoms with Gasteiger partial charge in [0.15, 0.2) is 5.76 Å². The highest BCUT2D eigenvalue weighted by Crippen LogP contribution is 2.38. The second-order valence-electron chi connectivity index (χ2n) is 7.47. The number of alkyl halides is 2. The fourth-order valence-corrected chi connectivity index (χ4v) is 4.50. The summed E-state index contributed by atoms with van der Waals surface area (Å²) in [6.45, 7) is 1.03. The lowest BCUT2D eigenvalue weighted by Crippen LogP contribution is -2.17. The van der Waals surface area contributed by atoms with Crippen LogP contribution in [0, 0.1) is 6.92 Å². The predicted octanol–water partition coefficient (Wildman–Crippen LogP) is 6.66. The van der Waals surface area contributed by atoms with Gasteiger partial charge in [-0.3, -0.25) is 4.79 Å². The first kappa shape index (κ1) is 23.4. The van der Waals surface area contributed by atoms with E-state index >= 15 is 0 Å². The number of carbonyl (C=O) groups is 1. The van der Waals surface area contributed by atoms with E-state index in [9.17, 15) is 13.6 Å². The molecule has 4 aromatic rings. The third kappa shape index (κ3) is 5.60. The smallest absolute Gasteiger partial charge is 0.387 e. The molecule has 3 aromatic heterocycles. The van der Waals surface area contributed by atoms with E-state index in [-0.39, 0.29) is 17.4 Å². The number of ether oxygens (including phenoxy) is 1. The van der Waals surface area contributed by atoms with Gasteiger partial charge in [0.1, 0.15) is 16.6 Å². The molecule has 2 N–H and O–H groups in total. The van der Waals surface area contributed by atoms with Crippen molar-refractivity contribution in [2.45, 2.75) is 32.9 Å². The molecule has 1 aromatic carbocycles. The summed E-state index contributed by atoms with van der Waals surface area (Å²) in [6.07, 6.45) is 2.23. The fourth-order valence-electron chi connectivity index (χ4n) is 3.47. The first-order valence-corrected chi connectivity index (χ1v) is 11.5.